The van der Waals surface area contributed by atoms with Gasteiger partial charge in [0.05, 0.1) is 10.6 Å². The first-order chi connectivity index (χ1) is 11.0. The third-order valence-corrected chi connectivity index (χ3v) is 4.23. The van der Waals surface area contributed by atoms with Crippen LogP contribution in [-0.4, -0.2) is 11.0 Å². The Kier molecular flexibility index (Phi) is 6.13. The first kappa shape index (κ1) is 17.4. The molecular weight excluding hydrogens is 328 g/mol. The second kappa shape index (κ2) is 8.09. The van der Waals surface area contributed by atoms with E-state index in [0.29, 0.717) is 16.5 Å². The van der Waals surface area contributed by atoms with Crippen LogP contribution in [0.2, 0.25) is 5.02 Å². The molecule has 0 spiro atoms. The number of amides is 1. The number of halogens is 1. The van der Waals surface area contributed by atoms with Crippen LogP contribution in [0, 0.1) is 0 Å². The highest BCUT2D eigenvalue weighted by Crippen LogP contribution is 2.26. The van der Waals surface area contributed by atoms with Crippen molar-refractivity contribution in [1.29, 1.82) is 0 Å². The standard InChI is InChI=1S/C18H19ClN2OS/c1-3-12(2)13-8-5-7-11-16(13)20-18(23)21-17(22)14-9-4-6-10-15(14)19/h4-12H,3H2,1-2H3,(H2,20,21,22,23). The van der Waals surface area contributed by atoms with Crippen molar-refractivity contribution in [3.8, 4) is 0 Å². The van der Waals surface area contributed by atoms with Crippen molar-refractivity contribution in [2.45, 2.75) is 26.2 Å². The van der Waals surface area contributed by atoms with Gasteiger partial charge in [-0.25, -0.2) is 0 Å². The summed E-state index contributed by atoms with van der Waals surface area (Å²) < 4.78 is 0. The number of thiocarbonyl (C=S) groups is 1. The molecular formula is C18H19ClN2OS. The lowest BCUT2D eigenvalue weighted by Crippen LogP contribution is -2.34. The Morgan fingerprint density at radius 3 is 2.52 bits per heavy atom. The number of nitrogens with one attached hydrogen (secondary N) is 2. The molecule has 0 fully saturated rings. The van der Waals surface area contributed by atoms with Gasteiger partial charge in [0, 0.05) is 5.69 Å². The van der Waals surface area contributed by atoms with E-state index in [4.69, 9.17) is 23.8 Å². The van der Waals surface area contributed by atoms with Gasteiger partial charge < -0.3 is 5.32 Å². The molecule has 0 aromatic heterocycles. The van der Waals surface area contributed by atoms with Gasteiger partial charge in [-0.3, -0.25) is 10.1 Å². The van der Waals surface area contributed by atoms with Gasteiger partial charge in [-0.1, -0.05) is 55.8 Å². The Hall–Kier alpha value is -1.91. The van der Waals surface area contributed by atoms with E-state index in [2.05, 4.69) is 30.5 Å². The predicted octanol–water partition coefficient (Wildman–Crippen LogP) is 4.98. The number of hydrogen-bond donors (Lipinski definition) is 2. The van der Waals surface area contributed by atoms with Gasteiger partial charge in [-0.05, 0) is 48.3 Å². The number of hydrogen-bond acceptors (Lipinski definition) is 2. The van der Waals surface area contributed by atoms with Gasteiger partial charge in [-0.2, -0.15) is 0 Å². The van der Waals surface area contributed by atoms with Crippen molar-refractivity contribution >= 4 is 40.5 Å². The molecule has 0 aliphatic heterocycles. The van der Waals surface area contributed by atoms with E-state index in [9.17, 15) is 4.79 Å². The van der Waals surface area contributed by atoms with Crippen molar-refractivity contribution in [1.82, 2.24) is 5.32 Å². The number of benzene rings is 2. The van der Waals surface area contributed by atoms with Crippen molar-refractivity contribution in [3.63, 3.8) is 0 Å². The van der Waals surface area contributed by atoms with Gasteiger partial charge in [-0.15, -0.1) is 0 Å². The quantitative estimate of drug-likeness (QED) is 0.767. The molecule has 120 valence electrons. The molecule has 0 aliphatic rings. The summed E-state index contributed by atoms with van der Waals surface area (Å²) >= 11 is 11.3. The molecule has 23 heavy (non-hydrogen) atoms. The molecule has 2 rings (SSSR count). The highest BCUT2D eigenvalue weighted by atomic mass is 35.5. The number of carbonyl (C=O) groups excluding carboxylic acids is 1. The molecule has 0 saturated heterocycles. The van der Waals surface area contributed by atoms with Gasteiger partial charge in [0.25, 0.3) is 5.91 Å². The van der Waals surface area contributed by atoms with E-state index in [1.165, 1.54) is 5.56 Å². The van der Waals surface area contributed by atoms with Crippen molar-refractivity contribution in [2.75, 3.05) is 5.32 Å². The number of anilines is 1. The molecule has 1 atom stereocenters. The summed E-state index contributed by atoms with van der Waals surface area (Å²) in [6.07, 6.45) is 1.03. The van der Waals surface area contributed by atoms with Crippen molar-refractivity contribution in [2.24, 2.45) is 0 Å². The van der Waals surface area contributed by atoms with Crippen LogP contribution in [-0.2, 0) is 0 Å². The number of para-hydroxylation sites is 1. The van der Waals surface area contributed by atoms with Gasteiger partial charge in [0.1, 0.15) is 0 Å². The third-order valence-electron chi connectivity index (χ3n) is 3.70. The normalized spacial score (nSPS) is 11.6. The maximum atomic E-state index is 12.2. The highest BCUT2D eigenvalue weighted by Gasteiger charge is 2.13. The first-order valence-corrected chi connectivity index (χ1v) is 8.27. The fraction of sp³-hybridized carbons (Fsp3) is 0.222. The average Bonchev–Trinajstić information content (AvgIpc) is 2.54. The second-order valence-electron chi connectivity index (χ2n) is 5.28. The molecule has 5 heteroatoms. The van der Waals surface area contributed by atoms with Crippen molar-refractivity contribution < 1.29 is 4.79 Å². The Morgan fingerprint density at radius 2 is 1.83 bits per heavy atom. The fourth-order valence-corrected chi connectivity index (χ4v) is 2.65. The summed E-state index contributed by atoms with van der Waals surface area (Å²) in [6.45, 7) is 4.30. The fourth-order valence-electron chi connectivity index (χ4n) is 2.23. The van der Waals surface area contributed by atoms with Gasteiger partial charge in [0.15, 0.2) is 5.11 Å². The van der Waals surface area contributed by atoms with Crippen LogP contribution in [0.5, 0.6) is 0 Å². The van der Waals surface area contributed by atoms with E-state index >= 15 is 0 Å². The molecule has 0 heterocycles. The van der Waals surface area contributed by atoms with Crippen LogP contribution in [0.1, 0.15) is 42.1 Å². The minimum absolute atomic E-state index is 0.255. The summed E-state index contributed by atoms with van der Waals surface area (Å²) in [5.41, 5.74) is 2.48. The molecule has 0 radical (unpaired) electrons. The summed E-state index contributed by atoms with van der Waals surface area (Å²) in [5, 5.41) is 6.42. The van der Waals surface area contributed by atoms with Crippen LogP contribution in [0.15, 0.2) is 48.5 Å². The molecule has 3 nitrogen and oxygen atoms in total. The highest BCUT2D eigenvalue weighted by molar-refractivity contribution is 7.80. The monoisotopic (exact) mass is 346 g/mol. The molecule has 2 N–H and O–H groups in total. The van der Waals surface area contributed by atoms with Crippen molar-refractivity contribution in [3.05, 3.63) is 64.7 Å². The minimum Gasteiger partial charge on any atom is -0.332 e. The molecule has 1 amide bonds. The zero-order chi connectivity index (χ0) is 16.8. The second-order valence-corrected chi connectivity index (χ2v) is 6.10. The van der Waals surface area contributed by atoms with E-state index in [0.717, 1.165) is 12.1 Å². The zero-order valence-electron chi connectivity index (χ0n) is 13.1. The zero-order valence-corrected chi connectivity index (χ0v) is 14.7. The lowest BCUT2D eigenvalue weighted by Gasteiger charge is -2.17. The number of rotatable bonds is 4. The smallest absolute Gasteiger partial charge is 0.258 e. The minimum atomic E-state index is -0.325. The SMILES string of the molecule is CCC(C)c1ccccc1NC(=S)NC(=O)c1ccccc1Cl. The predicted molar refractivity (Wildman–Crippen MR) is 100 cm³/mol. The number of carbonyl (C=O) groups is 1. The van der Waals surface area contributed by atoms with E-state index in [1.54, 1.807) is 24.3 Å². The Bertz CT molecular complexity index is 718. The summed E-state index contributed by atoms with van der Waals surface area (Å²) in [6, 6.07) is 14.8. The molecule has 0 bridgehead atoms. The maximum Gasteiger partial charge on any atom is 0.258 e. The summed E-state index contributed by atoms with van der Waals surface area (Å²) in [5.74, 6) is 0.0786. The maximum absolute atomic E-state index is 12.2. The molecule has 2 aromatic rings. The van der Waals surface area contributed by atoms with E-state index in [1.807, 2.05) is 18.2 Å². The van der Waals surface area contributed by atoms with Crippen LogP contribution in [0.25, 0.3) is 0 Å². The Morgan fingerprint density at radius 1 is 1.17 bits per heavy atom. The van der Waals surface area contributed by atoms with Gasteiger partial charge >= 0.3 is 0 Å². The Labute approximate surface area is 147 Å². The first-order valence-electron chi connectivity index (χ1n) is 7.48. The van der Waals surface area contributed by atoms with Crippen LogP contribution < -0.4 is 10.6 Å². The Balaban J connectivity index is 2.09. The molecule has 0 aliphatic carbocycles. The molecule has 2 aromatic carbocycles. The van der Waals surface area contributed by atoms with Crippen LogP contribution >= 0.6 is 23.8 Å². The van der Waals surface area contributed by atoms with Gasteiger partial charge in [0.2, 0.25) is 0 Å². The van der Waals surface area contributed by atoms with E-state index in [-0.39, 0.29) is 11.0 Å². The third kappa shape index (κ3) is 4.53. The van der Waals surface area contributed by atoms with Crippen LogP contribution in [0.4, 0.5) is 5.69 Å². The lowest BCUT2D eigenvalue weighted by atomic mass is 9.97. The summed E-state index contributed by atoms with van der Waals surface area (Å²) in [4.78, 5) is 12.2. The average molecular weight is 347 g/mol. The van der Waals surface area contributed by atoms with E-state index < -0.39 is 0 Å². The lowest BCUT2D eigenvalue weighted by molar-refractivity contribution is 0.0978. The summed E-state index contributed by atoms with van der Waals surface area (Å²) in [7, 11) is 0. The molecule has 0 saturated carbocycles. The molecule has 1 unspecified atom stereocenters. The van der Waals surface area contributed by atoms with Crippen LogP contribution in [0.3, 0.4) is 0 Å². The topological polar surface area (TPSA) is 41.1 Å². The largest absolute Gasteiger partial charge is 0.332 e.